The van der Waals surface area contributed by atoms with Gasteiger partial charge in [-0.25, -0.2) is 0 Å². The Morgan fingerprint density at radius 2 is 2.21 bits per heavy atom. The number of unbranched alkanes of at least 4 members (excludes halogenated alkanes) is 1. The van der Waals surface area contributed by atoms with Crippen LogP contribution in [-0.4, -0.2) is 38.8 Å². The first-order chi connectivity index (χ1) is 11.4. The van der Waals surface area contributed by atoms with Gasteiger partial charge in [0.2, 0.25) is 5.75 Å². The van der Waals surface area contributed by atoms with Crippen LogP contribution in [0.5, 0.6) is 11.5 Å². The third kappa shape index (κ3) is 3.68. The summed E-state index contributed by atoms with van der Waals surface area (Å²) in [4.78, 5) is 24.6. The number of phenolic OH excluding ortho intramolecular Hbond substituents is 1. The van der Waals surface area contributed by atoms with E-state index in [0.717, 1.165) is 24.6 Å². The summed E-state index contributed by atoms with van der Waals surface area (Å²) in [6.07, 6.45) is 3.30. The molecule has 1 aromatic carbocycles. The summed E-state index contributed by atoms with van der Waals surface area (Å²) >= 11 is 6.37. The molecule has 1 aliphatic rings. The molecule has 0 spiro atoms. The predicted octanol–water partition coefficient (Wildman–Crippen LogP) is 3.31. The Morgan fingerprint density at radius 1 is 1.50 bits per heavy atom. The summed E-state index contributed by atoms with van der Waals surface area (Å²) in [5.41, 5.74) is -0.102. The Balaban J connectivity index is 2.38. The highest BCUT2D eigenvalue weighted by Crippen LogP contribution is 2.39. The number of amides is 1. The summed E-state index contributed by atoms with van der Waals surface area (Å²) in [6, 6.07) is 2.62. The quantitative estimate of drug-likeness (QED) is 0.356. The van der Waals surface area contributed by atoms with Crippen LogP contribution in [-0.2, 0) is 4.79 Å². The molecule has 0 aromatic heterocycles. The number of hydrogen-bond acceptors (Lipinski definition) is 7. The van der Waals surface area contributed by atoms with E-state index in [9.17, 15) is 20.0 Å². The average Bonchev–Trinajstić information content (AvgIpc) is 2.80. The van der Waals surface area contributed by atoms with Crippen LogP contribution in [0.15, 0.2) is 17.0 Å². The third-order valence-corrected chi connectivity index (χ3v) is 4.78. The number of nitrogens with zero attached hydrogens (tertiary/aromatic N) is 2. The number of nitro benzene ring substituents is 1. The minimum absolute atomic E-state index is 0.0306. The number of carbonyl (C=O) groups is 1. The second kappa shape index (κ2) is 7.63. The largest absolute Gasteiger partial charge is 0.500 e. The van der Waals surface area contributed by atoms with Crippen molar-refractivity contribution in [1.82, 2.24) is 4.90 Å². The highest BCUT2D eigenvalue weighted by atomic mass is 32.2. The Bertz CT molecular complexity index is 733. The van der Waals surface area contributed by atoms with Crippen LogP contribution in [0.3, 0.4) is 0 Å². The first-order valence-electron chi connectivity index (χ1n) is 7.19. The number of aromatic hydroxyl groups is 1. The van der Waals surface area contributed by atoms with E-state index >= 15 is 0 Å². The van der Waals surface area contributed by atoms with Crippen LogP contribution in [0.1, 0.15) is 25.3 Å². The number of benzene rings is 1. The molecule has 1 N–H and O–H groups in total. The monoisotopic (exact) mass is 368 g/mol. The van der Waals surface area contributed by atoms with Gasteiger partial charge in [0.05, 0.1) is 16.9 Å². The third-order valence-electron chi connectivity index (χ3n) is 3.40. The van der Waals surface area contributed by atoms with Crippen molar-refractivity contribution in [3.8, 4) is 11.5 Å². The number of phenols is 1. The van der Waals surface area contributed by atoms with Gasteiger partial charge in [-0.2, -0.15) is 0 Å². The minimum atomic E-state index is -0.707. The molecule has 0 saturated carbocycles. The van der Waals surface area contributed by atoms with Crippen molar-refractivity contribution < 1.29 is 19.6 Å². The number of methoxy groups -OCH3 is 1. The molecule has 0 atom stereocenters. The zero-order chi connectivity index (χ0) is 17.9. The molecular formula is C15H16N2O5S2. The van der Waals surface area contributed by atoms with Crippen LogP contribution in [0.4, 0.5) is 5.69 Å². The summed E-state index contributed by atoms with van der Waals surface area (Å²) in [5, 5.41) is 20.8. The zero-order valence-electron chi connectivity index (χ0n) is 13.1. The molecule has 0 radical (unpaired) electrons. The van der Waals surface area contributed by atoms with Crippen LogP contribution in [0.2, 0.25) is 0 Å². The van der Waals surface area contributed by atoms with Crippen LogP contribution < -0.4 is 4.74 Å². The lowest BCUT2D eigenvalue weighted by atomic mass is 10.1. The van der Waals surface area contributed by atoms with Crippen molar-refractivity contribution in [3.05, 3.63) is 32.7 Å². The van der Waals surface area contributed by atoms with Gasteiger partial charge in [0.1, 0.15) is 4.32 Å². The molecule has 0 bridgehead atoms. The first kappa shape index (κ1) is 18.2. The summed E-state index contributed by atoms with van der Waals surface area (Å²) in [6.45, 7) is 2.58. The Hall–Kier alpha value is -2.13. The lowest BCUT2D eigenvalue weighted by molar-refractivity contribution is -0.386. The topological polar surface area (TPSA) is 92.9 Å². The van der Waals surface area contributed by atoms with Crippen molar-refractivity contribution in [1.29, 1.82) is 0 Å². The van der Waals surface area contributed by atoms with Gasteiger partial charge in [-0.3, -0.25) is 19.8 Å². The smallest absolute Gasteiger partial charge is 0.315 e. The number of thioether (sulfide) groups is 1. The second-order valence-electron chi connectivity index (χ2n) is 5.03. The lowest BCUT2D eigenvalue weighted by Crippen LogP contribution is -2.28. The molecule has 1 saturated heterocycles. The van der Waals surface area contributed by atoms with E-state index in [1.54, 1.807) is 0 Å². The van der Waals surface area contributed by atoms with E-state index in [0.29, 0.717) is 21.3 Å². The summed E-state index contributed by atoms with van der Waals surface area (Å²) in [7, 11) is 1.30. The number of carbonyl (C=O) groups excluding carboxylic acids is 1. The van der Waals surface area contributed by atoms with Crippen LogP contribution in [0, 0.1) is 10.1 Å². The van der Waals surface area contributed by atoms with Crippen LogP contribution in [0.25, 0.3) is 6.08 Å². The fourth-order valence-corrected chi connectivity index (χ4v) is 3.46. The first-order valence-corrected chi connectivity index (χ1v) is 8.42. The van der Waals surface area contributed by atoms with E-state index < -0.39 is 16.4 Å². The fraction of sp³-hybridized carbons (Fsp3) is 0.333. The number of hydrogen-bond donors (Lipinski definition) is 1. The van der Waals surface area contributed by atoms with Gasteiger partial charge >= 0.3 is 5.69 Å². The molecular weight excluding hydrogens is 352 g/mol. The molecule has 9 heteroatoms. The summed E-state index contributed by atoms with van der Waals surface area (Å²) < 4.78 is 5.42. The SMILES string of the molecule is CCCCN1C(=O)C(=Cc2cc(OC)c(O)c([N+](=O)[O-])c2)SC1=S. The summed E-state index contributed by atoms with van der Waals surface area (Å²) in [5.74, 6) is -0.791. The van der Waals surface area contributed by atoms with E-state index in [4.69, 9.17) is 17.0 Å². The number of nitro groups is 1. The minimum Gasteiger partial charge on any atom is -0.500 e. The average molecular weight is 368 g/mol. The van der Waals surface area contributed by atoms with Crippen molar-refractivity contribution in [2.24, 2.45) is 0 Å². The predicted molar refractivity (Wildman–Crippen MR) is 96.1 cm³/mol. The molecule has 128 valence electrons. The molecule has 1 aromatic rings. The van der Waals surface area contributed by atoms with Gasteiger partial charge in [0.25, 0.3) is 5.91 Å². The Kier molecular flexibility index (Phi) is 5.79. The van der Waals surface area contributed by atoms with Gasteiger partial charge in [-0.15, -0.1) is 0 Å². The van der Waals surface area contributed by atoms with E-state index in [1.807, 2.05) is 6.92 Å². The Labute approximate surface area is 148 Å². The number of ether oxygens (including phenoxy) is 1. The molecule has 1 aliphatic heterocycles. The maximum Gasteiger partial charge on any atom is 0.315 e. The maximum absolute atomic E-state index is 12.4. The van der Waals surface area contributed by atoms with Crippen molar-refractivity contribution in [2.75, 3.05) is 13.7 Å². The molecule has 24 heavy (non-hydrogen) atoms. The molecule has 1 fully saturated rings. The zero-order valence-corrected chi connectivity index (χ0v) is 14.8. The van der Waals surface area contributed by atoms with Gasteiger partial charge < -0.3 is 9.84 Å². The van der Waals surface area contributed by atoms with Crippen LogP contribution >= 0.6 is 24.0 Å². The molecule has 7 nitrogen and oxygen atoms in total. The molecule has 1 heterocycles. The lowest BCUT2D eigenvalue weighted by Gasteiger charge is -2.13. The molecule has 1 amide bonds. The molecule has 2 rings (SSSR count). The van der Waals surface area contributed by atoms with E-state index in [-0.39, 0.29) is 11.7 Å². The van der Waals surface area contributed by atoms with Crippen molar-refractivity contribution >= 4 is 46.0 Å². The fourth-order valence-electron chi connectivity index (χ4n) is 2.15. The molecule has 0 aliphatic carbocycles. The van der Waals surface area contributed by atoms with Gasteiger partial charge in [-0.05, 0) is 24.1 Å². The number of rotatable bonds is 6. The maximum atomic E-state index is 12.4. The van der Waals surface area contributed by atoms with Gasteiger partial charge in [0.15, 0.2) is 5.75 Å². The number of thiocarbonyl (C=S) groups is 1. The highest BCUT2D eigenvalue weighted by molar-refractivity contribution is 8.26. The highest BCUT2D eigenvalue weighted by Gasteiger charge is 2.31. The van der Waals surface area contributed by atoms with Gasteiger partial charge in [-0.1, -0.05) is 37.3 Å². The van der Waals surface area contributed by atoms with Crippen molar-refractivity contribution in [2.45, 2.75) is 19.8 Å². The standard InChI is InChI=1S/C15H16N2O5S2/c1-3-4-5-16-14(19)12(24-15(16)23)8-9-6-10(17(20)21)13(18)11(7-9)22-2/h6-8,18H,3-5H2,1-2H3. The normalized spacial score (nSPS) is 16.1. The van der Waals surface area contributed by atoms with Crippen molar-refractivity contribution in [3.63, 3.8) is 0 Å². The second-order valence-corrected chi connectivity index (χ2v) is 6.71. The Morgan fingerprint density at radius 3 is 2.79 bits per heavy atom. The van der Waals surface area contributed by atoms with Gasteiger partial charge in [0, 0.05) is 12.6 Å². The van der Waals surface area contributed by atoms with E-state index in [1.165, 1.54) is 30.2 Å². The molecule has 0 unspecified atom stereocenters. The van der Waals surface area contributed by atoms with E-state index in [2.05, 4.69) is 0 Å².